The van der Waals surface area contributed by atoms with Gasteiger partial charge in [0.2, 0.25) is 0 Å². The van der Waals surface area contributed by atoms with Gasteiger partial charge in [-0.3, -0.25) is 4.79 Å². The summed E-state index contributed by atoms with van der Waals surface area (Å²) in [4.78, 5) is 16.4. The lowest BCUT2D eigenvalue weighted by Gasteiger charge is -2.18. The van der Waals surface area contributed by atoms with Crippen molar-refractivity contribution in [3.8, 4) is 5.75 Å². The van der Waals surface area contributed by atoms with Gasteiger partial charge in [0.15, 0.2) is 0 Å². The van der Waals surface area contributed by atoms with E-state index >= 15 is 0 Å². The molecule has 8 heteroatoms. The number of carbonyl (C=O) groups is 1. The number of aromatic nitrogens is 1. The molecular weight excluding hydrogens is 369 g/mol. The molecule has 2 rings (SSSR count). The van der Waals surface area contributed by atoms with Crippen LogP contribution in [-0.2, 0) is 6.42 Å². The van der Waals surface area contributed by atoms with E-state index < -0.39 is 0 Å². The van der Waals surface area contributed by atoms with Crippen molar-refractivity contribution in [2.24, 2.45) is 5.73 Å². The monoisotopic (exact) mass is 389 g/mol. The third-order valence-electron chi connectivity index (χ3n) is 3.22. The smallest absolute Gasteiger partial charge is 0.270 e. The largest absolute Gasteiger partial charge is 0.487 e. The topological polar surface area (TPSA) is 77.2 Å². The molecule has 1 heterocycles. The highest BCUT2D eigenvalue weighted by molar-refractivity contribution is 7.09. The lowest BCUT2D eigenvalue weighted by atomic mass is 10.2. The van der Waals surface area contributed by atoms with Crippen LogP contribution in [0.5, 0.6) is 5.75 Å². The van der Waals surface area contributed by atoms with Crippen LogP contribution in [0, 0.1) is 0 Å². The number of benzene rings is 1. The number of thiazole rings is 1. The van der Waals surface area contributed by atoms with Crippen molar-refractivity contribution in [1.82, 2.24) is 10.3 Å². The molecule has 1 aromatic heterocycles. The molecule has 2 aromatic rings. The van der Waals surface area contributed by atoms with Gasteiger partial charge in [-0.25, -0.2) is 4.98 Å². The fourth-order valence-corrected chi connectivity index (χ4v) is 2.91. The minimum atomic E-state index is -0.203. The Bertz CT molecular complexity index is 652. The number of para-hydroxylation sites is 1. The number of halogens is 2. The van der Waals surface area contributed by atoms with Crippen molar-refractivity contribution >= 4 is 41.3 Å². The van der Waals surface area contributed by atoms with Gasteiger partial charge < -0.3 is 15.8 Å². The molecule has 132 valence electrons. The van der Waals surface area contributed by atoms with Gasteiger partial charge in [-0.2, -0.15) is 0 Å². The van der Waals surface area contributed by atoms with Crippen LogP contribution >= 0.6 is 35.3 Å². The van der Waals surface area contributed by atoms with Gasteiger partial charge in [0.25, 0.3) is 5.91 Å². The van der Waals surface area contributed by atoms with E-state index in [-0.39, 0.29) is 24.4 Å². The third-order valence-corrected chi connectivity index (χ3v) is 4.44. The fourth-order valence-electron chi connectivity index (χ4n) is 1.94. The Balaban J connectivity index is 0.00000288. The van der Waals surface area contributed by atoms with Crippen LogP contribution in [0.3, 0.4) is 0 Å². The van der Waals surface area contributed by atoms with Gasteiger partial charge in [0.05, 0.1) is 16.6 Å². The Morgan fingerprint density at radius 3 is 2.88 bits per heavy atom. The number of hydrogen-bond donors (Lipinski definition) is 2. The summed E-state index contributed by atoms with van der Waals surface area (Å²) in [5.41, 5.74) is 5.91. The molecule has 0 aliphatic rings. The van der Waals surface area contributed by atoms with Crippen molar-refractivity contribution in [1.29, 1.82) is 0 Å². The maximum atomic E-state index is 12.1. The summed E-state index contributed by atoms with van der Waals surface area (Å²) in [6.45, 7) is 2.92. The first-order valence-corrected chi connectivity index (χ1v) is 8.73. The molecule has 0 saturated carbocycles. The summed E-state index contributed by atoms with van der Waals surface area (Å²) in [6, 6.07) is 7.29. The first-order valence-electron chi connectivity index (χ1n) is 7.47. The molecule has 1 atom stereocenters. The Morgan fingerprint density at radius 1 is 1.46 bits per heavy atom. The molecule has 1 amide bonds. The van der Waals surface area contributed by atoms with E-state index in [0.29, 0.717) is 36.0 Å². The molecule has 5 nitrogen and oxygen atoms in total. The van der Waals surface area contributed by atoms with Crippen molar-refractivity contribution < 1.29 is 9.53 Å². The van der Waals surface area contributed by atoms with Gasteiger partial charge in [-0.15, -0.1) is 23.7 Å². The summed E-state index contributed by atoms with van der Waals surface area (Å²) in [5, 5.41) is 6.03. The second-order valence-electron chi connectivity index (χ2n) is 4.95. The van der Waals surface area contributed by atoms with Gasteiger partial charge in [-0.1, -0.05) is 30.7 Å². The highest BCUT2D eigenvalue weighted by atomic mass is 35.5. The van der Waals surface area contributed by atoms with E-state index in [4.69, 9.17) is 22.1 Å². The molecular formula is C16H21Cl2N3O2S. The zero-order valence-corrected chi connectivity index (χ0v) is 15.7. The van der Waals surface area contributed by atoms with Crippen molar-refractivity contribution in [3.05, 3.63) is 45.4 Å². The zero-order valence-electron chi connectivity index (χ0n) is 13.3. The normalized spacial score (nSPS) is 11.5. The standard InChI is InChI=1S/C16H20ClN3O2S.ClH/c1-2-11(22-14-6-4-3-5-12(14)17)9-19-16(21)13-10-23-15(20-13)7-8-18;/h3-6,10-11H,2,7-9,18H2,1H3,(H,19,21);1H. The highest BCUT2D eigenvalue weighted by Gasteiger charge is 2.15. The molecule has 0 aliphatic carbocycles. The molecule has 1 aromatic carbocycles. The van der Waals surface area contributed by atoms with Crippen LogP contribution in [-0.4, -0.2) is 30.1 Å². The van der Waals surface area contributed by atoms with Gasteiger partial charge >= 0.3 is 0 Å². The van der Waals surface area contributed by atoms with E-state index in [1.165, 1.54) is 11.3 Å². The lowest BCUT2D eigenvalue weighted by molar-refractivity contribution is 0.0921. The van der Waals surface area contributed by atoms with Crippen LogP contribution in [0.25, 0.3) is 0 Å². The quantitative estimate of drug-likeness (QED) is 0.725. The van der Waals surface area contributed by atoms with Gasteiger partial charge in [-0.05, 0) is 25.1 Å². The van der Waals surface area contributed by atoms with Crippen LogP contribution in [0.2, 0.25) is 5.02 Å². The van der Waals surface area contributed by atoms with E-state index in [0.717, 1.165) is 11.4 Å². The molecule has 0 aliphatic heterocycles. The number of nitrogens with one attached hydrogen (secondary N) is 1. The SMILES string of the molecule is CCC(CNC(=O)c1csc(CCN)n1)Oc1ccccc1Cl.Cl. The minimum absolute atomic E-state index is 0. The summed E-state index contributed by atoms with van der Waals surface area (Å²) in [6.07, 6.45) is 1.28. The highest BCUT2D eigenvalue weighted by Crippen LogP contribution is 2.24. The van der Waals surface area contributed by atoms with E-state index in [1.807, 2.05) is 25.1 Å². The molecule has 0 saturated heterocycles. The van der Waals surface area contributed by atoms with Crippen LogP contribution in [0.1, 0.15) is 28.8 Å². The Labute approximate surface area is 157 Å². The number of rotatable bonds is 8. The van der Waals surface area contributed by atoms with E-state index in [2.05, 4.69) is 10.3 Å². The van der Waals surface area contributed by atoms with Gasteiger partial charge in [0, 0.05) is 11.8 Å². The Hall–Kier alpha value is -1.34. The molecule has 1 unspecified atom stereocenters. The number of amides is 1. The van der Waals surface area contributed by atoms with E-state index in [9.17, 15) is 4.79 Å². The maximum absolute atomic E-state index is 12.1. The Kier molecular flexibility index (Phi) is 9.07. The molecule has 24 heavy (non-hydrogen) atoms. The summed E-state index contributed by atoms with van der Waals surface area (Å²) in [5.74, 6) is 0.417. The summed E-state index contributed by atoms with van der Waals surface area (Å²) in [7, 11) is 0. The fraction of sp³-hybridized carbons (Fsp3) is 0.375. The van der Waals surface area contributed by atoms with Crippen molar-refractivity contribution in [2.75, 3.05) is 13.1 Å². The molecule has 0 bridgehead atoms. The van der Waals surface area contributed by atoms with Crippen LogP contribution in [0.4, 0.5) is 0 Å². The average Bonchev–Trinajstić information content (AvgIpc) is 3.02. The molecule has 3 N–H and O–H groups in total. The van der Waals surface area contributed by atoms with E-state index in [1.54, 1.807) is 11.4 Å². The number of nitrogens with zero attached hydrogens (tertiary/aromatic N) is 1. The first kappa shape index (κ1) is 20.7. The van der Waals surface area contributed by atoms with Crippen LogP contribution in [0.15, 0.2) is 29.6 Å². The van der Waals surface area contributed by atoms with Gasteiger partial charge in [0.1, 0.15) is 17.5 Å². The number of hydrogen-bond acceptors (Lipinski definition) is 5. The first-order chi connectivity index (χ1) is 11.1. The second-order valence-corrected chi connectivity index (χ2v) is 6.30. The van der Waals surface area contributed by atoms with Crippen molar-refractivity contribution in [3.63, 3.8) is 0 Å². The average molecular weight is 390 g/mol. The molecule has 0 radical (unpaired) electrons. The number of ether oxygens (including phenoxy) is 1. The Morgan fingerprint density at radius 2 is 2.21 bits per heavy atom. The summed E-state index contributed by atoms with van der Waals surface area (Å²) >= 11 is 7.53. The molecule has 0 fully saturated rings. The molecule has 0 spiro atoms. The second kappa shape index (κ2) is 10.5. The predicted molar refractivity (Wildman–Crippen MR) is 101 cm³/mol. The third kappa shape index (κ3) is 5.94. The predicted octanol–water partition coefficient (Wildman–Crippen LogP) is 3.31. The lowest BCUT2D eigenvalue weighted by Crippen LogP contribution is -2.35. The van der Waals surface area contributed by atoms with Crippen LogP contribution < -0.4 is 15.8 Å². The number of carbonyl (C=O) groups excluding carboxylic acids is 1. The summed E-state index contributed by atoms with van der Waals surface area (Å²) < 4.78 is 5.84. The minimum Gasteiger partial charge on any atom is -0.487 e. The zero-order chi connectivity index (χ0) is 16.7. The number of nitrogens with two attached hydrogens (primary N) is 1. The maximum Gasteiger partial charge on any atom is 0.270 e. The van der Waals surface area contributed by atoms with Crippen molar-refractivity contribution in [2.45, 2.75) is 25.9 Å².